The van der Waals surface area contributed by atoms with E-state index in [1.165, 1.54) is 29.7 Å². The minimum absolute atomic E-state index is 0.147. The van der Waals surface area contributed by atoms with E-state index in [0.717, 1.165) is 19.4 Å². The first-order valence-electron chi connectivity index (χ1n) is 10.3. The maximum absolute atomic E-state index is 10.7. The first-order chi connectivity index (χ1) is 12.7. The minimum Gasteiger partial charge on any atom is -0.379 e. The van der Waals surface area contributed by atoms with Gasteiger partial charge < -0.3 is 14.7 Å². The molecule has 0 bridgehead atoms. The summed E-state index contributed by atoms with van der Waals surface area (Å²) in [6, 6.07) is 4.84. The quantitative estimate of drug-likeness (QED) is 0.723. The molecule has 4 nitrogen and oxygen atoms in total. The van der Waals surface area contributed by atoms with Gasteiger partial charge in [-0.2, -0.15) is 0 Å². The van der Waals surface area contributed by atoms with Gasteiger partial charge in [-0.05, 0) is 71.8 Å². The van der Waals surface area contributed by atoms with Gasteiger partial charge in [0.15, 0.2) is 0 Å². The van der Waals surface area contributed by atoms with E-state index >= 15 is 0 Å². The van der Waals surface area contributed by atoms with Crippen molar-refractivity contribution in [3.8, 4) is 11.8 Å². The lowest BCUT2D eigenvalue weighted by Crippen LogP contribution is -3.16. The second-order valence-corrected chi connectivity index (χ2v) is 8.74. The molecule has 0 saturated carbocycles. The van der Waals surface area contributed by atoms with Gasteiger partial charge in [-0.25, -0.2) is 0 Å². The van der Waals surface area contributed by atoms with Crippen LogP contribution in [0, 0.1) is 11.8 Å². The standard InChI is InChI=1S/C23H36N2O2/c1-19(12-15-23(4,26)14-9-13-22(2,3)27-5)25-17-7-6-11-21(25)20-10-8-16-24-18-20/h8,10,16,18-19,21,26H,6-7,9,11,13-14,17H2,1-5H3/p+1/t19-,21+,23-/m0/s1. The molecule has 1 saturated heterocycles. The van der Waals surface area contributed by atoms with Crippen molar-refractivity contribution in [3.63, 3.8) is 0 Å². The second kappa shape index (κ2) is 9.68. The van der Waals surface area contributed by atoms with Crippen molar-refractivity contribution in [2.45, 2.75) is 89.5 Å². The number of quaternary nitrogens is 1. The lowest BCUT2D eigenvalue weighted by molar-refractivity contribution is -0.951. The fourth-order valence-electron chi connectivity index (χ4n) is 3.90. The molecule has 4 heteroatoms. The van der Waals surface area contributed by atoms with Crippen molar-refractivity contribution in [2.24, 2.45) is 0 Å². The molecule has 0 aromatic carbocycles. The van der Waals surface area contributed by atoms with E-state index in [1.807, 2.05) is 25.4 Å². The second-order valence-electron chi connectivity index (χ2n) is 8.74. The number of methoxy groups -OCH3 is 1. The van der Waals surface area contributed by atoms with Gasteiger partial charge in [0.1, 0.15) is 17.7 Å². The first kappa shape index (κ1) is 21.9. The average molecular weight is 374 g/mol. The number of nitrogens with one attached hydrogen (secondary N) is 1. The summed E-state index contributed by atoms with van der Waals surface area (Å²) < 4.78 is 5.46. The van der Waals surface area contributed by atoms with Gasteiger partial charge in [0, 0.05) is 31.5 Å². The molecule has 2 heterocycles. The van der Waals surface area contributed by atoms with Crippen molar-refractivity contribution in [3.05, 3.63) is 30.1 Å². The summed E-state index contributed by atoms with van der Waals surface area (Å²) in [5.74, 6) is 6.53. The molecule has 0 amide bonds. The van der Waals surface area contributed by atoms with Crippen LogP contribution in [0.5, 0.6) is 0 Å². The molecular weight excluding hydrogens is 336 g/mol. The highest BCUT2D eigenvalue weighted by atomic mass is 16.5. The number of likely N-dealkylation sites (tertiary alicyclic amines) is 1. The zero-order valence-electron chi connectivity index (χ0n) is 17.7. The topological polar surface area (TPSA) is 46.8 Å². The summed E-state index contributed by atoms with van der Waals surface area (Å²) in [6.07, 6.45) is 9.97. The molecule has 150 valence electrons. The van der Waals surface area contributed by atoms with Gasteiger partial charge in [0.25, 0.3) is 0 Å². The Morgan fingerprint density at radius 3 is 2.78 bits per heavy atom. The number of piperidine rings is 1. The van der Waals surface area contributed by atoms with E-state index < -0.39 is 5.60 Å². The molecule has 1 aromatic heterocycles. The molecule has 27 heavy (non-hydrogen) atoms. The number of nitrogens with zero attached hydrogens (tertiary/aromatic N) is 1. The normalized spacial score (nSPS) is 23.8. The number of hydrogen-bond acceptors (Lipinski definition) is 3. The molecule has 4 atom stereocenters. The third kappa shape index (κ3) is 6.92. The molecular formula is C23H37N2O2+. The molecule has 0 spiro atoms. The van der Waals surface area contributed by atoms with Crippen molar-refractivity contribution in [1.29, 1.82) is 0 Å². The summed E-state index contributed by atoms with van der Waals surface area (Å²) in [7, 11) is 1.74. The van der Waals surface area contributed by atoms with E-state index in [1.54, 1.807) is 7.11 Å². The zero-order chi connectivity index (χ0) is 19.9. The summed E-state index contributed by atoms with van der Waals surface area (Å²) in [5.41, 5.74) is 0.206. The van der Waals surface area contributed by atoms with Crippen molar-refractivity contribution >= 4 is 0 Å². The van der Waals surface area contributed by atoms with Gasteiger partial charge in [0.2, 0.25) is 0 Å². The summed E-state index contributed by atoms with van der Waals surface area (Å²) in [4.78, 5) is 5.80. The van der Waals surface area contributed by atoms with Crippen molar-refractivity contribution in [2.75, 3.05) is 13.7 Å². The van der Waals surface area contributed by atoms with Crippen LogP contribution in [0.2, 0.25) is 0 Å². The maximum atomic E-state index is 10.7. The number of pyridine rings is 1. The van der Waals surface area contributed by atoms with Crippen LogP contribution >= 0.6 is 0 Å². The highest BCUT2D eigenvalue weighted by molar-refractivity contribution is 5.16. The first-order valence-corrected chi connectivity index (χ1v) is 10.3. The van der Waals surface area contributed by atoms with E-state index in [-0.39, 0.29) is 11.6 Å². The molecule has 1 unspecified atom stereocenters. The molecule has 0 aliphatic carbocycles. The third-order valence-electron chi connectivity index (χ3n) is 5.85. The Kier molecular flexibility index (Phi) is 7.85. The summed E-state index contributed by atoms with van der Waals surface area (Å²) >= 11 is 0. The average Bonchev–Trinajstić information content (AvgIpc) is 2.66. The number of aromatic nitrogens is 1. The van der Waals surface area contributed by atoms with Crippen LogP contribution in [0.15, 0.2) is 24.5 Å². The fraction of sp³-hybridized carbons (Fsp3) is 0.696. The smallest absolute Gasteiger partial charge is 0.147 e. The van der Waals surface area contributed by atoms with E-state index in [0.29, 0.717) is 12.5 Å². The maximum Gasteiger partial charge on any atom is 0.147 e. The minimum atomic E-state index is -0.947. The lowest BCUT2D eigenvalue weighted by Gasteiger charge is -2.35. The van der Waals surface area contributed by atoms with Gasteiger partial charge in [-0.3, -0.25) is 4.98 Å². The van der Waals surface area contributed by atoms with Crippen LogP contribution in [0.4, 0.5) is 0 Å². The molecule has 1 aliphatic rings. The summed E-state index contributed by atoms with van der Waals surface area (Å²) in [5, 5.41) is 10.7. The van der Waals surface area contributed by atoms with Gasteiger partial charge in [0.05, 0.1) is 12.1 Å². The largest absolute Gasteiger partial charge is 0.379 e. The van der Waals surface area contributed by atoms with Crippen molar-refractivity contribution in [1.82, 2.24) is 4.98 Å². The predicted molar refractivity (Wildman–Crippen MR) is 109 cm³/mol. The van der Waals surface area contributed by atoms with Gasteiger partial charge in [-0.1, -0.05) is 12.0 Å². The zero-order valence-corrected chi connectivity index (χ0v) is 17.7. The fourth-order valence-corrected chi connectivity index (χ4v) is 3.90. The number of ether oxygens (including phenoxy) is 1. The SMILES string of the molecule is COC(C)(C)CCC[C@](C)(O)C#C[C@H](C)[NH+]1CCCC[C@@H]1c1cccnc1. The molecule has 2 rings (SSSR count). The molecule has 2 N–H and O–H groups in total. The Balaban J connectivity index is 1.99. The van der Waals surface area contributed by atoms with Crippen LogP contribution in [0.3, 0.4) is 0 Å². The molecule has 1 aliphatic heterocycles. The Hall–Kier alpha value is -1.41. The molecule has 0 radical (unpaired) electrons. The monoisotopic (exact) mass is 373 g/mol. The Morgan fingerprint density at radius 1 is 1.33 bits per heavy atom. The highest BCUT2D eigenvalue weighted by Gasteiger charge is 2.31. The molecule has 1 fully saturated rings. The van der Waals surface area contributed by atoms with Crippen LogP contribution < -0.4 is 4.90 Å². The summed E-state index contributed by atoms with van der Waals surface area (Å²) in [6.45, 7) is 9.29. The molecule has 1 aromatic rings. The van der Waals surface area contributed by atoms with E-state index in [4.69, 9.17) is 4.74 Å². The Bertz CT molecular complexity index is 631. The van der Waals surface area contributed by atoms with Gasteiger partial charge in [-0.15, -0.1) is 0 Å². The van der Waals surface area contributed by atoms with Crippen molar-refractivity contribution < 1.29 is 14.7 Å². The highest BCUT2D eigenvalue weighted by Crippen LogP contribution is 2.21. The lowest BCUT2D eigenvalue weighted by atomic mass is 9.93. The van der Waals surface area contributed by atoms with Crippen LogP contribution in [0.1, 0.15) is 77.8 Å². The van der Waals surface area contributed by atoms with E-state index in [9.17, 15) is 5.11 Å². The number of aliphatic hydroxyl groups is 1. The van der Waals surface area contributed by atoms with E-state index in [2.05, 4.69) is 43.7 Å². The Morgan fingerprint density at radius 2 is 2.11 bits per heavy atom. The number of hydrogen-bond donors (Lipinski definition) is 2. The van der Waals surface area contributed by atoms with Crippen LogP contribution in [0.25, 0.3) is 0 Å². The van der Waals surface area contributed by atoms with Crippen LogP contribution in [-0.2, 0) is 4.74 Å². The predicted octanol–water partition coefficient (Wildman–Crippen LogP) is 2.93. The Labute approximate surface area is 165 Å². The van der Waals surface area contributed by atoms with Crippen LogP contribution in [-0.4, -0.2) is 41.0 Å². The number of rotatable bonds is 7. The third-order valence-corrected chi connectivity index (χ3v) is 5.85. The van der Waals surface area contributed by atoms with Gasteiger partial charge >= 0.3 is 0 Å².